The molecule has 46 nitrogen and oxygen atoms in total. The third-order valence-corrected chi connectivity index (χ3v) is 16.4. The molecule has 13 amide bonds. The second-order valence-electron chi connectivity index (χ2n) is 25.9. The summed E-state index contributed by atoms with van der Waals surface area (Å²) in [5.41, 5.74) is 90.2. The van der Waals surface area contributed by atoms with Crippen LogP contribution in [0.3, 0.4) is 0 Å². The SMILES string of the molecule is CC(=O)N[C@@H](Cc1ccccc1)C(=O)NCC(=O)N[C@@H](CCCN=C(N)N)C(=O)N[C@@H](CCCCN)C(=O)N[C@@H](CCCCN)C(=O)N[C@@H](CCCN=C(N)N)C(=O)N[C@@H](CCCN=C(N)N)C(=O)N[C@@H](CCC(N)=O)C(=O)N[C@@H](CCCN=C(N)N)C(=O)N[C@@H](CCCN=C(N)N)C(=O)N[C@@H](CCCN=C(N)N)C(N)=O. The van der Waals surface area contributed by atoms with Crippen molar-refractivity contribution in [1.29, 1.82) is 0 Å². The molecule has 0 saturated heterocycles. The van der Waals surface area contributed by atoms with Crippen LogP contribution in [0.2, 0.25) is 0 Å². The lowest BCUT2D eigenvalue weighted by atomic mass is 10.0. The maximum absolute atomic E-state index is 14.9. The summed E-state index contributed by atoms with van der Waals surface area (Å²) in [5, 5.41) is 28.5. The number of nitrogens with zero attached hydrogens (tertiary/aromatic N) is 6. The van der Waals surface area contributed by atoms with Crippen molar-refractivity contribution in [3.8, 4) is 0 Å². The second-order valence-corrected chi connectivity index (χ2v) is 25.9. The summed E-state index contributed by atoms with van der Waals surface area (Å²) in [6, 6.07) is -5.75. The number of carbonyl (C=O) groups is 13. The number of guanidine groups is 6. The van der Waals surface area contributed by atoms with Crippen LogP contribution in [-0.2, 0) is 68.7 Å². The summed E-state index contributed by atoms with van der Waals surface area (Å²) >= 11 is 0. The molecule has 0 spiro atoms. The van der Waals surface area contributed by atoms with E-state index in [1.807, 2.05) is 0 Å². The second kappa shape index (κ2) is 56.1. The number of benzene rings is 1. The lowest BCUT2D eigenvalue weighted by Gasteiger charge is -2.28. The van der Waals surface area contributed by atoms with Gasteiger partial charge >= 0.3 is 0 Å². The molecule has 0 radical (unpaired) electrons. The normalized spacial score (nSPS) is 13.4. The van der Waals surface area contributed by atoms with Crippen LogP contribution in [-0.4, -0.2) is 232 Å². The van der Waals surface area contributed by atoms with Crippen LogP contribution in [0, 0.1) is 0 Å². The Morgan fingerprint density at radius 1 is 0.304 bits per heavy atom. The monoisotopic (exact) mass is 1580 g/mol. The van der Waals surface area contributed by atoms with E-state index in [4.69, 9.17) is 91.7 Å². The van der Waals surface area contributed by atoms with Gasteiger partial charge in [-0.1, -0.05) is 30.3 Å². The molecule has 1 aromatic carbocycles. The highest BCUT2D eigenvalue weighted by Gasteiger charge is 2.36. The quantitative estimate of drug-likeness (QED) is 0.0164. The number of primary amides is 2. The molecule has 0 fully saturated rings. The third kappa shape index (κ3) is 45.6. The van der Waals surface area contributed by atoms with Gasteiger partial charge in [-0.25, -0.2) is 0 Å². The van der Waals surface area contributed by atoms with E-state index in [0.29, 0.717) is 18.4 Å². The lowest BCUT2D eigenvalue weighted by Crippen LogP contribution is -2.60. The number of carbonyl (C=O) groups excluding carboxylic acids is 13. The molecule has 46 heteroatoms. The molecule has 0 saturated carbocycles. The molecule has 628 valence electrons. The molecule has 1 rings (SSSR count). The topological polar surface area (TPSA) is 845 Å². The fourth-order valence-electron chi connectivity index (χ4n) is 10.7. The smallest absolute Gasteiger partial charge is 0.243 e. The summed E-state index contributed by atoms with van der Waals surface area (Å²) in [7, 11) is 0. The zero-order valence-corrected chi connectivity index (χ0v) is 63.6. The maximum Gasteiger partial charge on any atom is 0.243 e. The summed E-state index contributed by atoms with van der Waals surface area (Å²) in [5.74, 6) is -13.3. The number of unbranched alkanes of at least 4 members (excludes halogenated alkanes) is 2. The van der Waals surface area contributed by atoms with E-state index in [-0.39, 0.29) is 197 Å². The Labute approximate surface area is 649 Å². The van der Waals surface area contributed by atoms with E-state index < -0.39 is 157 Å². The van der Waals surface area contributed by atoms with Crippen LogP contribution in [0.25, 0.3) is 0 Å². The van der Waals surface area contributed by atoms with E-state index >= 15 is 0 Å². The molecule has 0 bridgehead atoms. The standard InChI is InChI=1S/C66H121N33O13/c1-37(100)90-48(35-38-15-3-2-4-16-38)52(104)89-36-50(102)91-40(20-10-30-84-62(73)74)53(105)93-41(17-5-7-27-67)55(107)94-42(18-6-8-28-68)56(108)96-44(22-12-32-86-64(77)78)57(109)97-46(24-14-34-88-66(81)82)59(111)99-47(25-26-49(69)101)60(112)98-45(23-13-33-87-65(79)80)58(110)95-43(21-11-31-85-63(75)76)54(106)92-39(51(70)103)19-9-29-83-61(71)72/h2-4,15-16,39-48H,5-14,17-36,67-68H2,1H3,(H2,69,101)(H2,70,103)(H,89,104)(H,90,100)(H,91,102)(H,92,106)(H,93,105)(H,94,107)(H,95,110)(H,96,108)(H,97,109)(H,98,112)(H,99,111)(H4,71,72,83)(H4,73,74,84)(H4,75,76,85)(H4,77,78,86)(H4,79,80,87)(H4,81,82,88)/t39-,40-,41-,42-,43-,44-,45-,46-,47-,48-/m0/s1. The molecule has 10 atom stereocenters. The van der Waals surface area contributed by atoms with Crippen LogP contribution < -0.4 is 150 Å². The predicted octanol–water partition coefficient (Wildman–Crippen LogP) is -11.5. The van der Waals surface area contributed by atoms with Gasteiger partial charge in [-0.3, -0.25) is 92.3 Å². The van der Waals surface area contributed by atoms with Crippen molar-refractivity contribution in [3.63, 3.8) is 0 Å². The molecule has 43 N–H and O–H groups in total. The Hall–Kier alpha value is -12.1. The van der Waals surface area contributed by atoms with Gasteiger partial charge in [-0.15, -0.1) is 0 Å². The molecule has 0 unspecified atom stereocenters. The van der Waals surface area contributed by atoms with Crippen LogP contribution >= 0.6 is 0 Å². The molecule has 0 aliphatic rings. The van der Waals surface area contributed by atoms with Gasteiger partial charge in [0.15, 0.2) is 35.8 Å². The van der Waals surface area contributed by atoms with E-state index in [0.717, 1.165) is 0 Å². The molecule has 0 aliphatic heterocycles. The summed E-state index contributed by atoms with van der Waals surface area (Å²) < 4.78 is 0. The molecular weight excluding hydrogens is 1460 g/mol. The van der Waals surface area contributed by atoms with Crippen molar-refractivity contribution in [2.24, 2.45) is 122 Å². The van der Waals surface area contributed by atoms with Gasteiger partial charge in [-0.2, -0.15) is 0 Å². The minimum atomic E-state index is -1.72. The van der Waals surface area contributed by atoms with Crippen molar-refractivity contribution in [3.05, 3.63) is 35.9 Å². The first-order valence-corrected chi connectivity index (χ1v) is 36.7. The number of rotatable bonds is 59. The van der Waals surface area contributed by atoms with Gasteiger partial charge < -0.3 is 150 Å². The number of hydrogen-bond acceptors (Lipinski definition) is 21. The number of nitrogens with two attached hydrogens (primary N) is 16. The van der Waals surface area contributed by atoms with Crippen LogP contribution in [0.4, 0.5) is 0 Å². The number of nitrogens with one attached hydrogen (secondary N) is 11. The summed E-state index contributed by atoms with van der Waals surface area (Å²) in [6.45, 7) is 0.721. The number of hydrogen-bond donors (Lipinski definition) is 27. The average Bonchev–Trinajstić information content (AvgIpc) is 0.860. The van der Waals surface area contributed by atoms with Gasteiger partial charge in [0, 0.05) is 59.0 Å². The van der Waals surface area contributed by atoms with Crippen molar-refractivity contribution in [2.45, 2.75) is 202 Å². The lowest BCUT2D eigenvalue weighted by molar-refractivity contribution is -0.136. The van der Waals surface area contributed by atoms with Crippen LogP contribution in [0.15, 0.2) is 60.3 Å². The first-order valence-electron chi connectivity index (χ1n) is 36.7. The Morgan fingerprint density at radius 3 is 0.821 bits per heavy atom. The zero-order valence-electron chi connectivity index (χ0n) is 63.6. The van der Waals surface area contributed by atoms with Gasteiger partial charge in [0.2, 0.25) is 76.8 Å². The Morgan fingerprint density at radius 2 is 0.562 bits per heavy atom. The first kappa shape index (κ1) is 97.9. The van der Waals surface area contributed by atoms with E-state index in [2.05, 4.69) is 88.4 Å². The third-order valence-electron chi connectivity index (χ3n) is 16.4. The van der Waals surface area contributed by atoms with E-state index in [1.54, 1.807) is 30.3 Å². The summed E-state index contributed by atoms with van der Waals surface area (Å²) in [4.78, 5) is 204. The first-order chi connectivity index (χ1) is 53.1. The van der Waals surface area contributed by atoms with Crippen LogP contribution in [0.1, 0.15) is 141 Å². The maximum atomic E-state index is 14.9. The minimum absolute atomic E-state index is 0.00804. The molecule has 112 heavy (non-hydrogen) atoms. The van der Waals surface area contributed by atoms with Gasteiger partial charge in [0.1, 0.15) is 60.4 Å². The average molecular weight is 1580 g/mol. The largest absolute Gasteiger partial charge is 0.370 e. The molecule has 0 aliphatic carbocycles. The number of amides is 13. The van der Waals surface area contributed by atoms with Crippen LogP contribution in [0.5, 0.6) is 0 Å². The van der Waals surface area contributed by atoms with E-state index in [1.165, 1.54) is 6.92 Å². The molecular formula is C66H121N33O13. The van der Waals surface area contributed by atoms with Crippen molar-refractivity contribution >= 4 is 113 Å². The highest BCUT2D eigenvalue weighted by Crippen LogP contribution is 2.13. The highest BCUT2D eigenvalue weighted by molar-refractivity contribution is 5.99. The number of aliphatic imine (C=N–C) groups is 6. The zero-order chi connectivity index (χ0) is 84.1. The molecule has 0 aromatic heterocycles. The Balaban J connectivity index is 3.92. The Bertz CT molecular complexity index is 3350. The van der Waals surface area contributed by atoms with Gasteiger partial charge in [-0.05, 0) is 141 Å². The molecule has 0 heterocycles. The van der Waals surface area contributed by atoms with Gasteiger partial charge in [0.25, 0.3) is 0 Å². The summed E-state index contributed by atoms with van der Waals surface area (Å²) in [6.07, 6.45) is -0.505. The van der Waals surface area contributed by atoms with E-state index in [9.17, 15) is 62.3 Å². The predicted molar refractivity (Wildman–Crippen MR) is 421 cm³/mol. The van der Waals surface area contributed by atoms with Crippen molar-refractivity contribution in [1.82, 2.24) is 58.5 Å². The Kier molecular flexibility index (Phi) is 49.1. The van der Waals surface area contributed by atoms with Gasteiger partial charge in [0.05, 0.1) is 6.54 Å². The van der Waals surface area contributed by atoms with Crippen molar-refractivity contribution in [2.75, 3.05) is 58.9 Å². The fraction of sp³-hybridized carbons (Fsp3) is 0.621. The molecule has 1 aromatic rings. The highest BCUT2D eigenvalue weighted by atomic mass is 16.2. The fourth-order valence-corrected chi connectivity index (χ4v) is 10.7. The van der Waals surface area contributed by atoms with Crippen molar-refractivity contribution < 1.29 is 62.3 Å². The minimum Gasteiger partial charge on any atom is -0.370 e.